The van der Waals surface area contributed by atoms with E-state index in [2.05, 4.69) is 33.2 Å². The van der Waals surface area contributed by atoms with Gasteiger partial charge in [0, 0.05) is 43.3 Å². The van der Waals surface area contributed by atoms with Crippen LogP contribution in [0.3, 0.4) is 0 Å². The van der Waals surface area contributed by atoms with Gasteiger partial charge in [-0.1, -0.05) is 48.0 Å². The number of anilines is 1. The predicted octanol–water partition coefficient (Wildman–Crippen LogP) is 4.80. The summed E-state index contributed by atoms with van der Waals surface area (Å²) in [5.74, 6) is 1.57. The normalized spacial score (nSPS) is 14.8. The van der Waals surface area contributed by atoms with Crippen molar-refractivity contribution < 1.29 is 4.79 Å². The minimum Gasteiger partial charge on any atom is -0.331 e. The Hall–Kier alpha value is -3.08. The van der Waals surface area contributed by atoms with Crippen LogP contribution in [0.4, 0.5) is 10.5 Å². The Bertz CT molecular complexity index is 909. The third kappa shape index (κ3) is 4.25. The molecule has 28 heavy (non-hydrogen) atoms. The lowest BCUT2D eigenvalue weighted by molar-refractivity contribution is 0.177. The van der Waals surface area contributed by atoms with E-state index in [9.17, 15) is 4.79 Å². The number of rotatable bonds is 4. The van der Waals surface area contributed by atoms with Gasteiger partial charge in [-0.2, -0.15) is 0 Å². The Balaban J connectivity index is 1.32. The number of amides is 2. The number of urea groups is 1. The molecule has 2 heterocycles. The number of nitrogens with one attached hydrogen (secondary N) is 1. The molecule has 4 rings (SSSR count). The molecule has 3 aromatic rings. The van der Waals surface area contributed by atoms with Gasteiger partial charge in [0.15, 0.2) is 0 Å². The maximum Gasteiger partial charge on any atom is 0.321 e. The lowest BCUT2D eigenvalue weighted by Crippen LogP contribution is -2.41. The second-order valence-electron chi connectivity index (χ2n) is 7.50. The van der Waals surface area contributed by atoms with E-state index in [0.29, 0.717) is 5.92 Å². The summed E-state index contributed by atoms with van der Waals surface area (Å²) in [6.45, 7) is 4.56. The first-order chi connectivity index (χ1) is 13.7. The molecule has 1 saturated heterocycles. The average molecular weight is 374 g/mol. The number of hydrogen-bond donors (Lipinski definition) is 1. The lowest BCUT2D eigenvalue weighted by Gasteiger charge is -2.32. The molecule has 1 aliphatic rings. The molecule has 1 aromatic heterocycles. The van der Waals surface area contributed by atoms with E-state index in [-0.39, 0.29) is 6.03 Å². The van der Waals surface area contributed by atoms with Crippen LogP contribution in [-0.4, -0.2) is 33.6 Å². The highest BCUT2D eigenvalue weighted by molar-refractivity contribution is 5.89. The van der Waals surface area contributed by atoms with Crippen molar-refractivity contribution in [3.05, 3.63) is 72.6 Å². The lowest BCUT2D eigenvalue weighted by atomic mass is 9.97. The molecule has 5 heteroatoms. The van der Waals surface area contributed by atoms with Gasteiger partial charge < -0.3 is 14.8 Å². The largest absolute Gasteiger partial charge is 0.331 e. The summed E-state index contributed by atoms with van der Waals surface area (Å²) >= 11 is 0. The maximum atomic E-state index is 12.5. The number of hydrogen-bond acceptors (Lipinski definition) is 2. The van der Waals surface area contributed by atoms with Gasteiger partial charge in [-0.05, 0) is 37.8 Å². The number of aromatic nitrogens is 2. The van der Waals surface area contributed by atoms with E-state index in [0.717, 1.165) is 49.6 Å². The summed E-state index contributed by atoms with van der Waals surface area (Å²) in [6.07, 6.45) is 5.94. The van der Waals surface area contributed by atoms with Crippen LogP contribution in [-0.2, 0) is 6.54 Å². The van der Waals surface area contributed by atoms with Crippen molar-refractivity contribution in [3.63, 3.8) is 0 Å². The number of aryl methyl sites for hydroxylation is 1. The molecule has 0 atom stereocenters. The fraction of sp³-hybridized carbons (Fsp3) is 0.304. The van der Waals surface area contributed by atoms with Gasteiger partial charge in [0.25, 0.3) is 0 Å². The first-order valence-corrected chi connectivity index (χ1v) is 9.88. The van der Waals surface area contributed by atoms with Crippen molar-refractivity contribution in [2.24, 2.45) is 5.92 Å². The van der Waals surface area contributed by atoms with Crippen molar-refractivity contribution in [1.82, 2.24) is 14.5 Å². The van der Waals surface area contributed by atoms with Gasteiger partial charge in [0.2, 0.25) is 0 Å². The SMILES string of the molecule is Cc1ccc(NC(=O)N2CCC(Cn3ccnc3-c3ccccc3)CC2)cc1. The minimum atomic E-state index is -0.00471. The van der Waals surface area contributed by atoms with Crippen molar-refractivity contribution in [1.29, 1.82) is 0 Å². The maximum absolute atomic E-state index is 12.5. The van der Waals surface area contributed by atoms with Crippen molar-refractivity contribution in [2.45, 2.75) is 26.3 Å². The van der Waals surface area contributed by atoms with Crippen LogP contribution in [0.5, 0.6) is 0 Å². The Kier molecular flexibility index (Phi) is 5.42. The number of piperidine rings is 1. The van der Waals surface area contributed by atoms with E-state index in [1.165, 1.54) is 5.56 Å². The molecule has 2 amide bonds. The van der Waals surface area contributed by atoms with Gasteiger partial charge in [-0.3, -0.25) is 0 Å². The Labute approximate surface area is 166 Å². The molecule has 0 saturated carbocycles. The molecule has 0 unspecified atom stereocenters. The molecular formula is C23H26N4O. The second-order valence-corrected chi connectivity index (χ2v) is 7.50. The minimum absolute atomic E-state index is 0.00471. The zero-order valence-corrected chi connectivity index (χ0v) is 16.2. The van der Waals surface area contributed by atoms with Crippen LogP contribution < -0.4 is 5.32 Å². The van der Waals surface area contributed by atoms with E-state index >= 15 is 0 Å². The second kappa shape index (κ2) is 8.30. The molecule has 1 N–H and O–H groups in total. The first-order valence-electron chi connectivity index (χ1n) is 9.88. The molecule has 1 aliphatic heterocycles. The number of carbonyl (C=O) groups excluding carboxylic acids is 1. The molecular weight excluding hydrogens is 348 g/mol. The zero-order chi connectivity index (χ0) is 19.3. The van der Waals surface area contributed by atoms with Crippen LogP contribution in [0.25, 0.3) is 11.4 Å². The highest BCUT2D eigenvalue weighted by Crippen LogP contribution is 2.23. The third-order valence-corrected chi connectivity index (χ3v) is 5.41. The summed E-state index contributed by atoms with van der Waals surface area (Å²) < 4.78 is 2.24. The van der Waals surface area contributed by atoms with Crippen LogP contribution >= 0.6 is 0 Å². The number of imidazole rings is 1. The summed E-state index contributed by atoms with van der Waals surface area (Å²) in [6, 6.07) is 18.2. The Morgan fingerprint density at radius 1 is 1.07 bits per heavy atom. The highest BCUT2D eigenvalue weighted by atomic mass is 16.2. The molecule has 2 aromatic carbocycles. The van der Waals surface area contributed by atoms with E-state index < -0.39 is 0 Å². The fourth-order valence-corrected chi connectivity index (χ4v) is 3.74. The highest BCUT2D eigenvalue weighted by Gasteiger charge is 2.23. The summed E-state index contributed by atoms with van der Waals surface area (Å²) in [4.78, 5) is 19.0. The number of carbonyl (C=O) groups is 1. The third-order valence-electron chi connectivity index (χ3n) is 5.41. The van der Waals surface area contributed by atoms with E-state index in [4.69, 9.17) is 0 Å². The number of benzene rings is 2. The molecule has 0 aliphatic carbocycles. The average Bonchev–Trinajstić information content (AvgIpc) is 3.19. The van der Waals surface area contributed by atoms with Crippen molar-refractivity contribution >= 4 is 11.7 Å². The molecule has 5 nitrogen and oxygen atoms in total. The quantitative estimate of drug-likeness (QED) is 0.713. The molecule has 0 radical (unpaired) electrons. The van der Waals surface area contributed by atoms with Gasteiger partial charge in [0.05, 0.1) is 0 Å². The summed E-state index contributed by atoms with van der Waals surface area (Å²) in [5.41, 5.74) is 3.18. The van der Waals surface area contributed by atoms with Crippen molar-refractivity contribution in [2.75, 3.05) is 18.4 Å². The standard InChI is InChI=1S/C23H26N4O/c1-18-7-9-21(10-8-18)25-23(28)26-14-11-19(12-15-26)17-27-16-13-24-22(27)20-5-3-2-4-6-20/h2-10,13,16,19H,11-12,14-15,17H2,1H3,(H,25,28). The molecule has 1 fully saturated rings. The van der Waals surface area contributed by atoms with Crippen LogP contribution in [0.1, 0.15) is 18.4 Å². The number of likely N-dealkylation sites (tertiary alicyclic amines) is 1. The molecule has 0 bridgehead atoms. The van der Waals surface area contributed by atoms with Crippen molar-refractivity contribution in [3.8, 4) is 11.4 Å². The van der Waals surface area contributed by atoms with E-state index in [1.807, 2.05) is 60.5 Å². The van der Waals surface area contributed by atoms with Crippen LogP contribution in [0.2, 0.25) is 0 Å². The van der Waals surface area contributed by atoms with Gasteiger partial charge in [-0.15, -0.1) is 0 Å². The van der Waals surface area contributed by atoms with Gasteiger partial charge in [-0.25, -0.2) is 9.78 Å². The number of nitrogens with zero attached hydrogens (tertiary/aromatic N) is 3. The van der Waals surface area contributed by atoms with E-state index in [1.54, 1.807) is 0 Å². The fourth-order valence-electron chi connectivity index (χ4n) is 3.74. The summed E-state index contributed by atoms with van der Waals surface area (Å²) in [5, 5.41) is 3.00. The predicted molar refractivity (Wildman–Crippen MR) is 112 cm³/mol. The Morgan fingerprint density at radius 2 is 1.79 bits per heavy atom. The Morgan fingerprint density at radius 3 is 2.50 bits per heavy atom. The first kappa shape index (κ1) is 18.3. The molecule has 144 valence electrons. The van der Waals surface area contributed by atoms with Gasteiger partial charge in [0.1, 0.15) is 5.82 Å². The topological polar surface area (TPSA) is 50.2 Å². The summed E-state index contributed by atoms with van der Waals surface area (Å²) in [7, 11) is 0. The van der Waals surface area contributed by atoms with Crippen LogP contribution in [0.15, 0.2) is 67.0 Å². The zero-order valence-electron chi connectivity index (χ0n) is 16.2. The van der Waals surface area contributed by atoms with Gasteiger partial charge >= 0.3 is 6.03 Å². The molecule has 0 spiro atoms. The smallest absolute Gasteiger partial charge is 0.321 e. The van der Waals surface area contributed by atoms with Crippen LogP contribution in [0, 0.1) is 12.8 Å². The monoisotopic (exact) mass is 374 g/mol.